The van der Waals surface area contributed by atoms with Crippen molar-refractivity contribution < 1.29 is 9.15 Å². The third kappa shape index (κ3) is 3.96. The Morgan fingerprint density at radius 3 is 2.68 bits per heavy atom. The van der Waals surface area contributed by atoms with E-state index >= 15 is 0 Å². The van der Waals surface area contributed by atoms with Crippen molar-refractivity contribution in [2.45, 2.75) is 45.1 Å². The predicted molar refractivity (Wildman–Crippen MR) is 99.4 cm³/mol. The molecule has 3 heterocycles. The SMILES string of the molecule is COCC1CN(Cc2ccco2)CC12CCN(CC1CCCC1)CC2. The average molecular weight is 347 g/mol. The molecule has 140 valence electrons. The van der Waals surface area contributed by atoms with Gasteiger partial charge < -0.3 is 14.1 Å². The molecule has 3 aliphatic rings. The molecule has 1 spiro atoms. The van der Waals surface area contributed by atoms with Crippen molar-refractivity contribution in [2.24, 2.45) is 17.3 Å². The maximum absolute atomic E-state index is 5.61. The van der Waals surface area contributed by atoms with Crippen LogP contribution in [0.4, 0.5) is 0 Å². The maximum Gasteiger partial charge on any atom is 0.117 e. The molecule has 1 aromatic rings. The topological polar surface area (TPSA) is 28.9 Å². The molecule has 3 fully saturated rings. The first-order valence-corrected chi connectivity index (χ1v) is 10.2. The Hall–Kier alpha value is -0.840. The molecule has 2 saturated heterocycles. The van der Waals surface area contributed by atoms with Gasteiger partial charge in [-0.1, -0.05) is 12.8 Å². The largest absolute Gasteiger partial charge is 0.468 e. The molecule has 2 aliphatic heterocycles. The summed E-state index contributed by atoms with van der Waals surface area (Å²) < 4.78 is 11.2. The van der Waals surface area contributed by atoms with Gasteiger partial charge in [0.2, 0.25) is 0 Å². The van der Waals surface area contributed by atoms with Gasteiger partial charge >= 0.3 is 0 Å². The lowest BCUT2D eigenvalue weighted by Gasteiger charge is -2.43. The molecule has 4 nitrogen and oxygen atoms in total. The van der Waals surface area contributed by atoms with Gasteiger partial charge in [-0.25, -0.2) is 0 Å². The zero-order valence-corrected chi connectivity index (χ0v) is 15.8. The highest BCUT2D eigenvalue weighted by molar-refractivity contribution is 5.03. The van der Waals surface area contributed by atoms with Crippen LogP contribution >= 0.6 is 0 Å². The van der Waals surface area contributed by atoms with Gasteiger partial charge in [0.25, 0.3) is 0 Å². The number of methoxy groups -OCH3 is 1. The van der Waals surface area contributed by atoms with E-state index < -0.39 is 0 Å². The molecule has 4 heteroatoms. The minimum absolute atomic E-state index is 0.453. The van der Waals surface area contributed by atoms with E-state index in [1.807, 2.05) is 13.2 Å². The fraction of sp³-hybridized carbons (Fsp3) is 0.810. The van der Waals surface area contributed by atoms with Crippen LogP contribution in [0.1, 0.15) is 44.3 Å². The zero-order chi connectivity index (χ0) is 17.1. The summed E-state index contributed by atoms with van der Waals surface area (Å²) >= 11 is 0. The summed E-state index contributed by atoms with van der Waals surface area (Å²) in [5.74, 6) is 2.73. The van der Waals surface area contributed by atoms with Crippen LogP contribution in [0.2, 0.25) is 0 Å². The molecular weight excluding hydrogens is 312 g/mol. The minimum atomic E-state index is 0.453. The molecule has 1 atom stereocenters. The van der Waals surface area contributed by atoms with Crippen LogP contribution in [-0.2, 0) is 11.3 Å². The molecule has 0 radical (unpaired) electrons. The smallest absolute Gasteiger partial charge is 0.117 e. The lowest BCUT2D eigenvalue weighted by molar-refractivity contribution is 0.0329. The summed E-state index contributed by atoms with van der Waals surface area (Å²) in [5.41, 5.74) is 0.453. The Labute approximate surface area is 152 Å². The number of rotatable bonds is 6. The van der Waals surface area contributed by atoms with Crippen LogP contribution in [0.25, 0.3) is 0 Å². The van der Waals surface area contributed by atoms with Crippen molar-refractivity contribution in [1.29, 1.82) is 0 Å². The Bertz CT molecular complexity index is 516. The molecule has 25 heavy (non-hydrogen) atoms. The zero-order valence-electron chi connectivity index (χ0n) is 15.8. The van der Waals surface area contributed by atoms with Crippen molar-refractivity contribution in [2.75, 3.05) is 46.4 Å². The van der Waals surface area contributed by atoms with Gasteiger partial charge in [0.05, 0.1) is 19.4 Å². The first-order chi connectivity index (χ1) is 12.3. The predicted octanol–water partition coefficient (Wildman–Crippen LogP) is 3.63. The highest BCUT2D eigenvalue weighted by atomic mass is 16.5. The Kier molecular flexibility index (Phi) is 5.49. The number of hydrogen-bond acceptors (Lipinski definition) is 4. The number of nitrogens with zero attached hydrogens (tertiary/aromatic N) is 2. The molecule has 0 bridgehead atoms. The maximum atomic E-state index is 5.61. The Balaban J connectivity index is 1.35. The van der Waals surface area contributed by atoms with Crippen molar-refractivity contribution in [3.8, 4) is 0 Å². The van der Waals surface area contributed by atoms with Crippen molar-refractivity contribution >= 4 is 0 Å². The van der Waals surface area contributed by atoms with Crippen molar-refractivity contribution in [1.82, 2.24) is 9.80 Å². The number of furan rings is 1. The van der Waals surface area contributed by atoms with Crippen LogP contribution in [0.15, 0.2) is 22.8 Å². The molecule has 1 aliphatic carbocycles. The van der Waals surface area contributed by atoms with Gasteiger partial charge in [-0.3, -0.25) is 4.90 Å². The molecular formula is C21H34N2O2. The first kappa shape index (κ1) is 17.6. The van der Waals surface area contributed by atoms with E-state index in [1.54, 1.807) is 6.26 Å². The summed E-state index contributed by atoms with van der Waals surface area (Å²) in [6, 6.07) is 4.09. The monoisotopic (exact) mass is 346 g/mol. The van der Waals surface area contributed by atoms with Gasteiger partial charge in [0, 0.05) is 32.7 Å². The lowest BCUT2D eigenvalue weighted by Crippen LogP contribution is -2.46. The van der Waals surface area contributed by atoms with E-state index in [2.05, 4.69) is 15.9 Å². The summed E-state index contributed by atoms with van der Waals surface area (Å²) in [5, 5.41) is 0. The summed E-state index contributed by atoms with van der Waals surface area (Å²) in [4.78, 5) is 5.34. The van der Waals surface area contributed by atoms with Gasteiger partial charge in [-0.05, 0) is 62.2 Å². The second-order valence-electron chi connectivity index (χ2n) is 8.71. The third-order valence-electron chi connectivity index (χ3n) is 7.05. The molecule has 0 amide bonds. The fourth-order valence-corrected chi connectivity index (χ4v) is 5.62. The number of piperidine rings is 1. The van der Waals surface area contributed by atoms with Crippen LogP contribution < -0.4 is 0 Å². The normalized spacial score (nSPS) is 28.3. The van der Waals surface area contributed by atoms with Crippen LogP contribution in [0.3, 0.4) is 0 Å². The Morgan fingerprint density at radius 2 is 2.00 bits per heavy atom. The first-order valence-electron chi connectivity index (χ1n) is 10.2. The highest BCUT2D eigenvalue weighted by Crippen LogP contribution is 2.45. The number of likely N-dealkylation sites (tertiary alicyclic amines) is 2. The van der Waals surface area contributed by atoms with Crippen molar-refractivity contribution in [3.63, 3.8) is 0 Å². The second-order valence-corrected chi connectivity index (χ2v) is 8.71. The van der Waals surface area contributed by atoms with E-state index in [0.29, 0.717) is 11.3 Å². The molecule has 0 aromatic carbocycles. The van der Waals surface area contributed by atoms with Gasteiger partial charge in [0.1, 0.15) is 5.76 Å². The lowest BCUT2D eigenvalue weighted by atomic mass is 9.71. The highest BCUT2D eigenvalue weighted by Gasteiger charge is 2.47. The van der Waals surface area contributed by atoms with Crippen LogP contribution in [-0.4, -0.2) is 56.2 Å². The van der Waals surface area contributed by atoms with Crippen LogP contribution in [0.5, 0.6) is 0 Å². The Morgan fingerprint density at radius 1 is 1.20 bits per heavy atom. The number of hydrogen-bond donors (Lipinski definition) is 0. The van der Waals surface area contributed by atoms with Gasteiger partial charge in [0.15, 0.2) is 0 Å². The quantitative estimate of drug-likeness (QED) is 0.786. The van der Waals surface area contributed by atoms with Gasteiger partial charge in [-0.15, -0.1) is 0 Å². The summed E-state index contributed by atoms with van der Waals surface area (Å²) in [6.07, 6.45) is 10.3. The third-order valence-corrected chi connectivity index (χ3v) is 7.05. The van der Waals surface area contributed by atoms with E-state index in [1.165, 1.54) is 64.7 Å². The van der Waals surface area contributed by atoms with E-state index in [9.17, 15) is 0 Å². The van der Waals surface area contributed by atoms with E-state index in [4.69, 9.17) is 9.15 Å². The van der Waals surface area contributed by atoms with Crippen molar-refractivity contribution in [3.05, 3.63) is 24.2 Å². The minimum Gasteiger partial charge on any atom is -0.468 e. The molecule has 1 aromatic heterocycles. The second kappa shape index (κ2) is 7.81. The molecule has 1 unspecified atom stereocenters. The molecule has 0 N–H and O–H groups in total. The summed E-state index contributed by atoms with van der Waals surface area (Å²) in [6.45, 7) is 8.12. The van der Waals surface area contributed by atoms with E-state index in [-0.39, 0.29) is 0 Å². The summed E-state index contributed by atoms with van der Waals surface area (Å²) in [7, 11) is 1.86. The molecule has 4 rings (SSSR count). The standard InChI is InChI=1S/C21H34N2O2/c1-24-16-19-14-23(15-20-7-4-12-25-20)17-21(19)8-10-22(11-9-21)13-18-5-2-3-6-18/h4,7,12,18-19H,2-3,5-6,8-11,13-17H2,1H3. The number of ether oxygens (including phenoxy) is 1. The van der Waals surface area contributed by atoms with E-state index in [0.717, 1.165) is 31.4 Å². The van der Waals surface area contributed by atoms with Crippen LogP contribution in [0, 0.1) is 17.3 Å². The van der Waals surface area contributed by atoms with Gasteiger partial charge in [-0.2, -0.15) is 0 Å². The molecule has 1 saturated carbocycles. The fourth-order valence-electron chi connectivity index (χ4n) is 5.62. The average Bonchev–Trinajstić information content (AvgIpc) is 3.34.